The molecule has 9 heterocycles. The normalized spacial score (nSPS) is 16.6. The van der Waals surface area contributed by atoms with Crippen LogP contribution in [0.4, 0.5) is 23.5 Å². The molecule has 4 aromatic carbocycles. The molecule has 113 heavy (non-hydrogen) atoms. The number of amides is 2. The predicted octanol–water partition coefficient (Wildman–Crippen LogP) is 8.59. The quantitative estimate of drug-likeness (QED) is 0.0117. The Morgan fingerprint density at radius 1 is 0.584 bits per heavy atom. The third-order valence-corrected chi connectivity index (χ3v) is 22.3. The zero-order valence-electron chi connectivity index (χ0n) is 65.4. The molecule has 4 aromatic heterocycles. The molecule has 0 bridgehead atoms. The predicted molar refractivity (Wildman–Crippen MR) is 432 cm³/mol. The summed E-state index contributed by atoms with van der Waals surface area (Å²) in [4.78, 5) is 54.6. The summed E-state index contributed by atoms with van der Waals surface area (Å²) in [5.41, 5.74) is 23.4. The van der Waals surface area contributed by atoms with Gasteiger partial charge in [-0.1, -0.05) is 104 Å². The average Bonchev–Trinajstić information content (AvgIpc) is 1.31. The lowest BCUT2D eigenvalue weighted by Crippen LogP contribution is -2.52. The van der Waals surface area contributed by atoms with Gasteiger partial charge in [-0.15, -0.1) is 15.3 Å². The van der Waals surface area contributed by atoms with Gasteiger partial charge in [0.2, 0.25) is 35.0 Å². The van der Waals surface area contributed by atoms with E-state index in [0.29, 0.717) is 146 Å². The Morgan fingerprint density at radius 2 is 1.14 bits per heavy atom. The number of hydrogen-bond donors (Lipinski definition) is 5. The molecule has 4 saturated heterocycles. The maximum absolute atomic E-state index is 14.6. The van der Waals surface area contributed by atoms with Crippen LogP contribution in [0, 0.1) is 23.7 Å². The van der Waals surface area contributed by atoms with E-state index in [9.17, 15) is 19.8 Å². The number of benzene rings is 5. The number of phenolic OH excluding ortho intramolecular Hbond substituents is 2. The van der Waals surface area contributed by atoms with Gasteiger partial charge in [0.05, 0.1) is 87.8 Å². The number of anilines is 4. The Balaban J connectivity index is 0.556. The van der Waals surface area contributed by atoms with Crippen LogP contribution in [-0.4, -0.2) is 210 Å². The molecule has 594 valence electrons. The van der Waals surface area contributed by atoms with Crippen molar-refractivity contribution in [3.63, 3.8) is 0 Å². The van der Waals surface area contributed by atoms with Crippen LogP contribution in [-0.2, 0) is 49.8 Å². The first-order chi connectivity index (χ1) is 55.2. The van der Waals surface area contributed by atoms with Crippen molar-refractivity contribution in [2.75, 3.05) is 138 Å². The highest BCUT2D eigenvalue weighted by atomic mass is 16.5. The molecule has 6 aliphatic rings. The zero-order chi connectivity index (χ0) is 78.2. The Kier molecular flexibility index (Phi) is 26.2. The van der Waals surface area contributed by atoms with Crippen molar-refractivity contribution in [3.05, 3.63) is 167 Å². The average molecular weight is 1540 g/mol. The fourth-order valence-electron chi connectivity index (χ4n) is 15.4. The minimum absolute atomic E-state index is 0.0528. The number of aromatic nitrogens is 12. The van der Waals surface area contributed by atoms with Gasteiger partial charge in [-0.3, -0.25) is 9.59 Å². The highest BCUT2D eigenvalue weighted by Crippen LogP contribution is 2.42. The van der Waals surface area contributed by atoms with Crippen molar-refractivity contribution in [1.82, 2.24) is 74.3 Å². The molecule has 0 unspecified atom stereocenters. The first-order valence-electron chi connectivity index (χ1n) is 40.2. The highest BCUT2D eigenvalue weighted by molar-refractivity contribution is 6.02. The first kappa shape index (κ1) is 78.8. The molecule has 1 aliphatic carbocycles. The number of rotatable bonds is 31. The highest BCUT2D eigenvalue weighted by Gasteiger charge is 2.37. The summed E-state index contributed by atoms with van der Waals surface area (Å²) < 4.78 is 32.1. The van der Waals surface area contributed by atoms with Crippen LogP contribution in [0.25, 0.3) is 33.4 Å². The number of carbonyl (C=O) groups is 2. The number of fused-ring (bicyclic) bond motifs is 2. The van der Waals surface area contributed by atoms with Gasteiger partial charge in [0.15, 0.2) is 0 Å². The minimum Gasteiger partial charge on any atom is -0.508 e. The van der Waals surface area contributed by atoms with Crippen LogP contribution in [0.3, 0.4) is 0 Å². The fraction of sp³-hybridized carbons (Fsp3) is 0.476. The van der Waals surface area contributed by atoms with Gasteiger partial charge in [-0.25, -0.2) is 18.6 Å². The number of aromatic hydroxyl groups is 2. The molecular formula is C84H106N21O8+. The Morgan fingerprint density at radius 3 is 1.72 bits per heavy atom. The van der Waals surface area contributed by atoms with Gasteiger partial charge in [0.25, 0.3) is 0 Å². The van der Waals surface area contributed by atoms with Crippen LogP contribution >= 0.6 is 0 Å². The molecule has 6 atom stereocenters. The lowest BCUT2D eigenvalue weighted by Gasteiger charge is -2.38. The summed E-state index contributed by atoms with van der Waals surface area (Å²) in [6.07, 6.45) is 15.3. The summed E-state index contributed by atoms with van der Waals surface area (Å²) in [6.45, 7) is 18.8. The van der Waals surface area contributed by atoms with Crippen LogP contribution in [0.15, 0.2) is 132 Å². The fourth-order valence-corrected chi connectivity index (χ4v) is 15.4. The van der Waals surface area contributed by atoms with Crippen LogP contribution in [0.5, 0.6) is 11.5 Å². The zero-order valence-corrected chi connectivity index (χ0v) is 65.4. The number of hydrogen-bond acceptors (Lipinski definition) is 23. The summed E-state index contributed by atoms with van der Waals surface area (Å²) in [6, 6.07) is 33.7. The second-order valence-corrected chi connectivity index (χ2v) is 30.2. The largest absolute Gasteiger partial charge is 0.508 e. The lowest BCUT2D eigenvalue weighted by molar-refractivity contribution is -0.137. The van der Waals surface area contributed by atoms with Gasteiger partial charge < -0.3 is 70.1 Å². The summed E-state index contributed by atoms with van der Waals surface area (Å²) in [5, 5.41) is 51.7. The SMILES string of the molecule is CC[C@H](C)[C@@H](C(=O)N1CCN(c2nc(NCCOCCOCCOCc3cn(CC#Cc4ccc(-c5c6ccc(=[N+]7CCCCC7)cc-6oc6cc(N7CCCCC7)ccc56)cc4)nn3)nc(N3CCN(C(=O)[C@H]([C@@H](C)CC)n4cc([C@@H](N)Cc5ccc(O)cc5)nn4)CC3)n2)CC1)n1cc([C@@H](N)Cc2ccc(O)cc2)nn1. The lowest BCUT2D eigenvalue weighted by atomic mass is 9.93. The first-order valence-corrected chi connectivity index (χ1v) is 40.2. The maximum Gasteiger partial charge on any atom is 0.247 e. The Labute approximate surface area is 659 Å². The number of ether oxygens (including phenoxy) is 3. The smallest absolute Gasteiger partial charge is 0.247 e. The van der Waals surface area contributed by atoms with Crippen molar-refractivity contribution < 1.29 is 38.4 Å². The second kappa shape index (κ2) is 37.6. The van der Waals surface area contributed by atoms with E-state index in [4.69, 9.17) is 45.0 Å². The van der Waals surface area contributed by atoms with Gasteiger partial charge in [-0.05, 0) is 122 Å². The molecule has 5 aliphatic heterocycles. The second-order valence-electron chi connectivity index (χ2n) is 30.2. The number of piperidine rings is 2. The third kappa shape index (κ3) is 19.8. The van der Waals surface area contributed by atoms with E-state index in [1.54, 1.807) is 50.7 Å². The monoisotopic (exact) mass is 1540 g/mol. The van der Waals surface area contributed by atoms with Gasteiger partial charge in [0.1, 0.15) is 60.3 Å². The Hall–Kier alpha value is -10.9. The molecule has 0 saturated carbocycles. The van der Waals surface area contributed by atoms with E-state index in [-0.39, 0.29) is 41.8 Å². The maximum atomic E-state index is 14.6. The van der Waals surface area contributed by atoms with E-state index < -0.39 is 24.2 Å². The van der Waals surface area contributed by atoms with Crippen molar-refractivity contribution >= 4 is 46.3 Å². The van der Waals surface area contributed by atoms with E-state index in [1.165, 1.54) is 55.1 Å². The van der Waals surface area contributed by atoms with E-state index in [2.05, 4.69) is 142 Å². The van der Waals surface area contributed by atoms with Gasteiger partial charge in [-0.2, -0.15) is 15.0 Å². The molecule has 0 radical (unpaired) electrons. The molecule has 0 spiro atoms. The molecule has 29 heteroatoms. The van der Waals surface area contributed by atoms with Crippen molar-refractivity contribution in [3.8, 4) is 45.8 Å². The molecule has 4 fully saturated rings. The number of nitrogens with two attached hydrogens (primary N) is 2. The third-order valence-electron chi connectivity index (χ3n) is 22.3. The van der Waals surface area contributed by atoms with E-state index in [0.717, 1.165) is 83.6 Å². The number of carbonyl (C=O) groups excluding carboxylic acids is 2. The summed E-state index contributed by atoms with van der Waals surface area (Å²) >= 11 is 0. The molecule has 29 nitrogen and oxygen atoms in total. The molecule has 14 rings (SSSR count). The van der Waals surface area contributed by atoms with Crippen molar-refractivity contribution in [2.45, 2.75) is 129 Å². The summed E-state index contributed by atoms with van der Waals surface area (Å²) in [5.74, 6) is 8.94. The minimum atomic E-state index is -0.598. The Bertz CT molecular complexity index is 4730. The number of nitrogens with zero attached hydrogens (tertiary/aromatic N) is 18. The van der Waals surface area contributed by atoms with Crippen LogP contribution in [0.2, 0.25) is 0 Å². The molecule has 2 amide bonds. The number of nitrogens with one attached hydrogen (secondary N) is 1. The molecule has 7 N–H and O–H groups in total. The topological polar surface area (TPSA) is 330 Å². The molecular weight excluding hydrogens is 1430 g/mol. The van der Waals surface area contributed by atoms with Crippen LogP contribution in [0.1, 0.15) is 137 Å². The standard InChI is InChI=1S/C84H105N21O8/c1-5-58(3)78(104-55-73(92-95-104)71(85)50-61-17-25-67(106)26-18-61)80(108)99-37-41-101(42-38-99)83-88-82(89-84(90-83)102-43-39-100(40-44-102)81(109)79(59(4)6-2)105-56-74(93-96-105)72(86)51-62-19-27-68(107)28-20-62)87-31-45-110-46-47-111-48-49-112-57-64-54-103(94-91-64)36-13-14-60-15-21-63(22-16-60)77-69-29-23-65(97-32-9-7-10-33-97)52-75(69)113-76-53-66(24-30-70(76)77)98-34-11-8-12-35-98/h15-30,52-56,58-59,71-72,78-79H,5-12,31-51,57,85-86H2,1-4H3,(H2-,87,88,89,90,106,107)/p+1/t58-,59-,71-,72-,78-,79-/m0/s1. The van der Waals surface area contributed by atoms with Gasteiger partial charge in [0, 0.05) is 125 Å². The molecule has 8 aromatic rings. The van der Waals surface area contributed by atoms with Crippen LogP contribution < -0.4 is 41.4 Å². The van der Waals surface area contributed by atoms with Gasteiger partial charge >= 0.3 is 0 Å². The van der Waals surface area contributed by atoms with Crippen molar-refractivity contribution in [1.29, 1.82) is 0 Å². The van der Waals surface area contributed by atoms with Crippen molar-refractivity contribution in [2.24, 2.45) is 23.3 Å². The van der Waals surface area contributed by atoms with E-state index in [1.807, 2.05) is 54.1 Å². The number of piperazine rings is 2. The number of phenols is 2. The van der Waals surface area contributed by atoms with E-state index >= 15 is 0 Å². The summed E-state index contributed by atoms with van der Waals surface area (Å²) in [7, 11) is 0.